The molecule has 0 saturated carbocycles. The normalized spacial score (nSPS) is 11.6. The van der Waals surface area contributed by atoms with Crippen molar-refractivity contribution in [3.8, 4) is 5.75 Å². The molecule has 0 aliphatic heterocycles. The first-order chi connectivity index (χ1) is 11.6. The first kappa shape index (κ1) is 19.0. The second-order valence-corrected chi connectivity index (χ2v) is 4.66. The number of benzene rings is 1. The monoisotopic (exact) mass is 326 g/mol. The molecule has 0 fully saturated rings. The van der Waals surface area contributed by atoms with Crippen LogP contribution in [-0.4, -0.2) is 18.9 Å². The molecule has 0 radical (unpaired) electrons. The van der Waals surface area contributed by atoms with Crippen LogP contribution in [0.4, 0.5) is 11.4 Å². The molecule has 0 aliphatic rings. The van der Waals surface area contributed by atoms with E-state index in [0.717, 1.165) is 0 Å². The van der Waals surface area contributed by atoms with Crippen molar-refractivity contribution in [3.63, 3.8) is 0 Å². The van der Waals surface area contributed by atoms with Crippen molar-refractivity contribution in [2.75, 3.05) is 17.7 Å². The Kier molecular flexibility index (Phi) is 8.39. The third-order valence-electron chi connectivity index (χ3n) is 2.83. The van der Waals surface area contributed by atoms with E-state index in [0.29, 0.717) is 17.1 Å². The lowest BCUT2D eigenvalue weighted by atomic mass is 10.2. The van der Waals surface area contributed by atoms with Gasteiger partial charge in [0.25, 0.3) is 0 Å². The molecule has 5 heteroatoms. The number of hydrogen-bond donors (Lipinski definition) is 2. The maximum Gasteiger partial charge on any atom is 0.248 e. The first-order valence-electron chi connectivity index (χ1n) is 7.49. The van der Waals surface area contributed by atoms with E-state index < -0.39 is 0 Å². The summed E-state index contributed by atoms with van der Waals surface area (Å²) in [7, 11) is 1.50. The summed E-state index contributed by atoms with van der Waals surface area (Å²) in [5.74, 6) is -0.0586. The molecule has 5 nitrogen and oxygen atoms in total. The van der Waals surface area contributed by atoms with Crippen molar-refractivity contribution in [2.24, 2.45) is 0 Å². The van der Waals surface area contributed by atoms with Crippen molar-refractivity contribution < 1.29 is 14.3 Å². The summed E-state index contributed by atoms with van der Waals surface area (Å²) in [5.41, 5.74) is 1.10. The third kappa shape index (κ3) is 6.79. The summed E-state index contributed by atoms with van der Waals surface area (Å²) in [6.45, 7) is 3.74. The summed E-state index contributed by atoms with van der Waals surface area (Å²) in [6, 6.07) is 5.01. The third-order valence-corrected chi connectivity index (χ3v) is 2.83. The van der Waals surface area contributed by atoms with Gasteiger partial charge in [0, 0.05) is 23.9 Å². The van der Waals surface area contributed by atoms with Gasteiger partial charge in [-0.25, -0.2) is 0 Å². The highest BCUT2D eigenvalue weighted by Crippen LogP contribution is 2.28. The zero-order chi connectivity index (χ0) is 17.8. The Bertz CT molecular complexity index is 686. The lowest BCUT2D eigenvalue weighted by molar-refractivity contribution is -0.112. The number of anilines is 2. The molecule has 0 spiro atoms. The summed E-state index contributed by atoms with van der Waals surface area (Å²) >= 11 is 0. The average molecular weight is 326 g/mol. The second kappa shape index (κ2) is 10.6. The summed E-state index contributed by atoms with van der Waals surface area (Å²) in [6.07, 6.45) is 13.3. The molecule has 0 atom stereocenters. The zero-order valence-corrected chi connectivity index (χ0v) is 14.1. The number of rotatable bonds is 7. The summed E-state index contributed by atoms with van der Waals surface area (Å²) in [5, 5.41) is 5.44. The molecule has 0 heterocycles. The van der Waals surface area contributed by atoms with E-state index in [-0.39, 0.29) is 11.8 Å². The van der Waals surface area contributed by atoms with Crippen molar-refractivity contribution in [3.05, 3.63) is 66.8 Å². The largest absolute Gasteiger partial charge is 0.494 e. The number of nitrogens with one attached hydrogen (secondary N) is 2. The standard InChI is InChI=1S/C19H22N2O3/c1-4-6-8-10-18(22)20-15-12-13-16(17(14-15)24-3)21-19(23)11-9-7-5-2/h4-14H,1-3H3,(H,20,22)(H,21,23)/b6-4+,7-5+,10-8+,11-9+. The van der Waals surface area contributed by atoms with Crippen LogP contribution in [0.5, 0.6) is 5.75 Å². The lowest BCUT2D eigenvalue weighted by Crippen LogP contribution is -2.10. The van der Waals surface area contributed by atoms with Gasteiger partial charge in [0.2, 0.25) is 11.8 Å². The van der Waals surface area contributed by atoms with Gasteiger partial charge in [-0.3, -0.25) is 9.59 Å². The Morgan fingerprint density at radius 1 is 0.917 bits per heavy atom. The second-order valence-electron chi connectivity index (χ2n) is 4.66. The van der Waals surface area contributed by atoms with Gasteiger partial charge in [-0.1, -0.05) is 36.5 Å². The molecular formula is C19H22N2O3. The van der Waals surface area contributed by atoms with Crippen LogP contribution >= 0.6 is 0 Å². The van der Waals surface area contributed by atoms with E-state index in [4.69, 9.17) is 4.74 Å². The minimum absolute atomic E-state index is 0.249. The molecule has 1 rings (SSSR count). The highest BCUT2D eigenvalue weighted by atomic mass is 16.5. The Balaban J connectivity index is 2.81. The fraction of sp³-hybridized carbons (Fsp3) is 0.158. The van der Waals surface area contributed by atoms with Gasteiger partial charge in [-0.05, 0) is 26.0 Å². The highest BCUT2D eigenvalue weighted by Gasteiger charge is 2.07. The average Bonchev–Trinajstić information content (AvgIpc) is 2.56. The Morgan fingerprint density at radius 2 is 1.50 bits per heavy atom. The number of carbonyl (C=O) groups is 2. The smallest absolute Gasteiger partial charge is 0.248 e. The first-order valence-corrected chi connectivity index (χ1v) is 7.49. The molecule has 0 aromatic heterocycles. The number of carbonyl (C=O) groups excluding carboxylic acids is 2. The lowest BCUT2D eigenvalue weighted by Gasteiger charge is -2.11. The SMILES string of the molecule is C/C=C/C=C/C(=O)Nc1ccc(NC(=O)/C=C/C=C/C)c(OC)c1. The van der Waals surface area contributed by atoms with Gasteiger partial charge in [-0.15, -0.1) is 0 Å². The van der Waals surface area contributed by atoms with Gasteiger partial charge in [0.15, 0.2) is 0 Å². The van der Waals surface area contributed by atoms with Gasteiger partial charge < -0.3 is 15.4 Å². The van der Waals surface area contributed by atoms with E-state index in [9.17, 15) is 9.59 Å². The maximum atomic E-state index is 11.8. The molecule has 2 amide bonds. The van der Waals surface area contributed by atoms with E-state index in [1.165, 1.54) is 19.3 Å². The van der Waals surface area contributed by atoms with Gasteiger partial charge in [-0.2, -0.15) is 0 Å². The number of hydrogen-bond acceptors (Lipinski definition) is 3. The fourth-order valence-electron chi connectivity index (χ4n) is 1.74. The molecule has 0 aliphatic carbocycles. The topological polar surface area (TPSA) is 67.4 Å². The molecule has 126 valence electrons. The van der Waals surface area contributed by atoms with Crippen LogP contribution in [0.25, 0.3) is 0 Å². The summed E-state index contributed by atoms with van der Waals surface area (Å²) < 4.78 is 5.26. The van der Waals surface area contributed by atoms with E-state index in [2.05, 4.69) is 10.6 Å². The predicted molar refractivity (Wildman–Crippen MR) is 98.2 cm³/mol. The van der Waals surface area contributed by atoms with Crippen LogP contribution in [0.3, 0.4) is 0 Å². The van der Waals surface area contributed by atoms with E-state index >= 15 is 0 Å². The van der Waals surface area contributed by atoms with Crippen LogP contribution in [0.15, 0.2) is 66.8 Å². The molecule has 0 bridgehead atoms. The van der Waals surface area contributed by atoms with Crippen LogP contribution < -0.4 is 15.4 Å². The highest BCUT2D eigenvalue weighted by molar-refractivity contribution is 6.02. The Morgan fingerprint density at radius 3 is 2.04 bits per heavy atom. The molecule has 2 N–H and O–H groups in total. The van der Waals surface area contributed by atoms with Crippen molar-refractivity contribution in [1.82, 2.24) is 0 Å². The minimum Gasteiger partial charge on any atom is -0.494 e. The number of amides is 2. The quantitative estimate of drug-likeness (QED) is 0.591. The van der Waals surface area contributed by atoms with Gasteiger partial charge in [0.05, 0.1) is 12.8 Å². The van der Waals surface area contributed by atoms with Crippen molar-refractivity contribution in [2.45, 2.75) is 13.8 Å². The molecule has 1 aromatic carbocycles. The summed E-state index contributed by atoms with van der Waals surface area (Å²) in [4.78, 5) is 23.5. The Hall–Kier alpha value is -3.08. The molecule has 0 saturated heterocycles. The van der Waals surface area contributed by atoms with Crippen molar-refractivity contribution in [1.29, 1.82) is 0 Å². The van der Waals surface area contributed by atoms with Gasteiger partial charge >= 0.3 is 0 Å². The minimum atomic E-state index is -0.266. The number of methoxy groups -OCH3 is 1. The van der Waals surface area contributed by atoms with Crippen LogP contribution in [0.1, 0.15) is 13.8 Å². The molecule has 1 aromatic rings. The number of ether oxygens (including phenoxy) is 1. The fourth-order valence-corrected chi connectivity index (χ4v) is 1.74. The molecule has 24 heavy (non-hydrogen) atoms. The van der Waals surface area contributed by atoms with Crippen LogP contribution in [0, 0.1) is 0 Å². The zero-order valence-electron chi connectivity index (χ0n) is 14.1. The van der Waals surface area contributed by atoms with E-state index in [1.807, 2.05) is 26.0 Å². The Labute approximate surface area is 142 Å². The van der Waals surface area contributed by atoms with Crippen LogP contribution in [0.2, 0.25) is 0 Å². The number of allylic oxidation sites excluding steroid dienone is 6. The molecular weight excluding hydrogens is 304 g/mol. The van der Waals surface area contributed by atoms with Crippen LogP contribution in [-0.2, 0) is 9.59 Å². The maximum absolute atomic E-state index is 11.8. The van der Waals surface area contributed by atoms with Gasteiger partial charge in [0.1, 0.15) is 5.75 Å². The predicted octanol–water partition coefficient (Wildman–Crippen LogP) is 3.84. The van der Waals surface area contributed by atoms with Crippen molar-refractivity contribution >= 4 is 23.2 Å². The van der Waals surface area contributed by atoms with E-state index in [1.54, 1.807) is 42.5 Å². The molecule has 0 unspecified atom stereocenters.